The number of carbonyl (C=O) groups is 1. The fourth-order valence-corrected chi connectivity index (χ4v) is 3.81. The molecule has 9 heteroatoms. The van der Waals surface area contributed by atoms with Gasteiger partial charge in [0.2, 0.25) is 5.91 Å². The number of aromatic amines is 2. The summed E-state index contributed by atoms with van der Waals surface area (Å²) in [5.74, 6) is 0.486. The second-order valence-corrected chi connectivity index (χ2v) is 7.59. The predicted octanol–water partition coefficient (Wildman–Crippen LogP) is 3.91. The molecule has 0 atom stereocenters. The van der Waals surface area contributed by atoms with Crippen molar-refractivity contribution in [2.75, 3.05) is 7.11 Å². The van der Waals surface area contributed by atoms with Gasteiger partial charge in [0.05, 0.1) is 12.6 Å². The Balaban J connectivity index is 1.55. The topological polar surface area (TPSA) is 91.9 Å². The predicted molar refractivity (Wildman–Crippen MR) is 120 cm³/mol. The quantitative estimate of drug-likeness (QED) is 0.395. The molecular weight excluding hydrogens is 424 g/mol. The summed E-state index contributed by atoms with van der Waals surface area (Å²) in [7, 11) is 1.59. The van der Waals surface area contributed by atoms with Gasteiger partial charge in [0.15, 0.2) is 4.77 Å². The van der Waals surface area contributed by atoms with Gasteiger partial charge in [-0.3, -0.25) is 14.2 Å². The molecule has 0 saturated carbocycles. The first-order valence-corrected chi connectivity index (χ1v) is 10.1. The van der Waals surface area contributed by atoms with Gasteiger partial charge in [-0.1, -0.05) is 29.8 Å². The van der Waals surface area contributed by atoms with Crippen LogP contribution in [0.4, 0.5) is 0 Å². The molecule has 3 N–H and O–H groups in total. The van der Waals surface area contributed by atoms with Crippen molar-refractivity contribution in [2.45, 2.75) is 19.5 Å². The lowest BCUT2D eigenvalue weighted by Crippen LogP contribution is -2.28. The van der Waals surface area contributed by atoms with Crippen molar-refractivity contribution in [1.82, 2.24) is 19.9 Å². The molecule has 0 aliphatic carbocycles. The van der Waals surface area contributed by atoms with Crippen molar-refractivity contribution in [3.05, 3.63) is 68.2 Å². The van der Waals surface area contributed by atoms with Gasteiger partial charge in [0.1, 0.15) is 11.3 Å². The Hall–Kier alpha value is -3.10. The number of methoxy groups -OCH3 is 1. The Labute approximate surface area is 181 Å². The second kappa shape index (κ2) is 8.33. The number of halogens is 1. The van der Waals surface area contributed by atoms with Gasteiger partial charge in [-0.2, -0.15) is 0 Å². The van der Waals surface area contributed by atoms with Crippen LogP contribution in [0, 0.1) is 4.77 Å². The van der Waals surface area contributed by atoms with E-state index in [0.29, 0.717) is 28.4 Å². The molecule has 4 rings (SSSR count). The highest BCUT2D eigenvalue weighted by Gasteiger charge is 2.13. The highest BCUT2D eigenvalue weighted by atomic mass is 35.5. The van der Waals surface area contributed by atoms with Gasteiger partial charge < -0.3 is 20.0 Å². The van der Waals surface area contributed by atoms with Gasteiger partial charge in [-0.25, -0.2) is 0 Å². The fourth-order valence-electron chi connectivity index (χ4n) is 3.33. The van der Waals surface area contributed by atoms with Crippen molar-refractivity contribution in [3.63, 3.8) is 0 Å². The fraction of sp³-hybridized carbons (Fsp3) is 0.190. The summed E-state index contributed by atoms with van der Waals surface area (Å²) in [6.07, 6.45) is 0.112. The lowest BCUT2D eigenvalue weighted by atomic mass is 10.2. The van der Waals surface area contributed by atoms with Crippen LogP contribution >= 0.6 is 23.8 Å². The Kier molecular flexibility index (Phi) is 5.61. The van der Waals surface area contributed by atoms with Crippen LogP contribution in [0.5, 0.6) is 5.75 Å². The summed E-state index contributed by atoms with van der Waals surface area (Å²) in [5, 5.41) is 4.23. The van der Waals surface area contributed by atoms with E-state index in [4.69, 9.17) is 28.6 Å². The summed E-state index contributed by atoms with van der Waals surface area (Å²) in [4.78, 5) is 31.5. The van der Waals surface area contributed by atoms with E-state index >= 15 is 0 Å². The molecule has 0 unspecified atom stereocenters. The third-order valence-electron chi connectivity index (χ3n) is 4.94. The first kappa shape index (κ1) is 20.2. The second-order valence-electron chi connectivity index (χ2n) is 6.79. The number of hydrogen-bond acceptors (Lipinski definition) is 4. The average Bonchev–Trinajstić information content (AvgIpc) is 3.11. The maximum absolute atomic E-state index is 13.0. The number of aromatic nitrogens is 3. The number of ether oxygens (including phenoxy) is 1. The molecular formula is C21H19ClN4O3S. The summed E-state index contributed by atoms with van der Waals surface area (Å²) in [6.45, 7) is 0.486. The van der Waals surface area contributed by atoms with Crippen LogP contribution in [0.2, 0.25) is 5.02 Å². The number of fused-ring (bicyclic) bond motifs is 3. The molecule has 0 saturated heterocycles. The Morgan fingerprint density at radius 1 is 1.20 bits per heavy atom. The third kappa shape index (κ3) is 3.83. The van der Waals surface area contributed by atoms with Crippen LogP contribution in [0.15, 0.2) is 47.3 Å². The SMILES string of the molecule is COc1ccc2[nH]c3c(=O)n(CCC(=O)NCc4ccccc4Cl)c(=S)[nH]c3c2c1. The van der Waals surface area contributed by atoms with E-state index in [0.717, 1.165) is 16.5 Å². The van der Waals surface area contributed by atoms with E-state index in [9.17, 15) is 9.59 Å². The van der Waals surface area contributed by atoms with Gasteiger partial charge in [0.25, 0.3) is 5.56 Å². The highest BCUT2D eigenvalue weighted by molar-refractivity contribution is 7.71. The van der Waals surface area contributed by atoms with Gasteiger partial charge in [-0.05, 0) is 42.0 Å². The Morgan fingerprint density at radius 2 is 2.00 bits per heavy atom. The minimum atomic E-state index is -0.275. The molecule has 0 bridgehead atoms. The zero-order valence-electron chi connectivity index (χ0n) is 16.1. The minimum Gasteiger partial charge on any atom is -0.497 e. The minimum absolute atomic E-state index is 0.112. The molecule has 2 heterocycles. The Morgan fingerprint density at radius 3 is 2.77 bits per heavy atom. The number of carbonyl (C=O) groups excluding carboxylic acids is 1. The summed E-state index contributed by atoms with van der Waals surface area (Å²) < 4.78 is 6.91. The normalized spacial score (nSPS) is 11.1. The van der Waals surface area contributed by atoms with E-state index in [1.165, 1.54) is 4.57 Å². The molecule has 0 aliphatic heterocycles. The van der Waals surface area contributed by atoms with Gasteiger partial charge in [0, 0.05) is 35.4 Å². The zero-order valence-corrected chi connectivity index (χ0v) is 17.7. The first-order chi connectivity index (χ1) is 14.5. The van der Waals surface area contributed by atoms with Crippen molar-refractivity contribution >= 4 is 51.7 Å². The van der Waals surface area contributed by atoms with Crippen molar-refractivity contribution < 1.29 is 9.53 Å². The molecule has 0 spiro atoms. The summed E-state index contributed by atoms with van der Waals surface area (Å²) in [6, 6.07) is 12.8. The standard InChI is InChI=1S/C21H19ClN4O3S/c1-29-13-6-7-16-14(10-13)18-19(24-16)20(28)26(21(30)25-18)9-8-17(27)23-11-12-4-2-3-5-15(12)22/h2-7,10,24H,8-9,11H2,1H3,(H,23,27)(H,25,30). The number of benzene rings is 2. The van der Waals surface area contributed by atoms with Crippen LogP contribution in [0.25, 0.3) is 21.9 Å². The summed E-state index contributed by atoms with van der Waals surface area (Å²) >= 11 is 11.5. The van der Waals surface area contributed by atoms with Crippen molar-refractivity contribution in [1.29, 1.82) is 0 Å². The molecule has 2 aromatic carbocycles. The van der Waals surface area contributed by atoms with Crippen LogP contribution in [-0.4, -0.2) is 27.6 Å². The highest BCUT2D eigenvalue weighted by Crippen LogP contribution is 2.25. The van der Waals surface area contributed by atoms with Crippen molar-refractivity contribution in [2.24, 2.45) is 0 Å². The molecule has 0 radical (unpaired) electrons. The molecule has 2 aromatic heterocycles. The molecule has 0 aliphatic rings. The average molecular weight is 443 g/mol. The van der Waals surface area contributed by atoms with Gasteiger partial charge in [-0.15, -0.1) is 0 Å². The van der Waals surface area contributed by atoms with E-state index in [1.807, 2.05) is 36.4 Å². The maximum Gasteiger partial charge on any atom is 0.278 e. The van der Waals surface area contributed by atoms with E-state index < -0.39 is 0 Å². The third-order valence-corrected chi connectivity index (χ3v) is 5.63. The number of nitrogens with one attached hydrogen (secondary N) is 3. The van der Waals surface area contributed by atoms with E-state index in [1.54, 1.807) is 13.2 Å². The first-order valence-electron chi connectivity index (χ1n) is 9.30. The van der Waals surface area contributed by atoms with Crippen LogP contribution in [0.3, 0.4) is 0 Å². The molecule has 1 amide bonds. The lowest BCUT2D eigenvalue weighted by Gasteiger charge is -2.09. The zero-order chi connectivity index (χ0) is 21.3. The molecule has 4 aromatic rings. The molecule has 7 nitrogen and oxygen atoms in total. The molecule has 154 valence electrons. The van der Waals surface area contributed by atoms with Crippen LogP contribution < -0.4 is 15.6 Å². The molecule has 0 fully saturated rings. The van der Waals surface area contributed by atoms with Crippen LogP contribution in [0.1, 0.15) is 12.0 Å². The smallest absolute Gasteiger partial charge is 0.278 e. The van der Waals surface area contributed by atoms with E-state index in [-0.39, 0.29) is 29.2 Å². The lowest BCUT2D eigenvalue weighted by molar-refractivity contribution is -0.121. The monoisotopic (exact) mass is 442 g/mol. The number of nitrogens with zero attached hydrogens (tertiary/aromatic N) is 1. The number of rotatable bonds is 6. The molecule has 30 heavy (non-hydrogen) atoms. The van der Waals surface area contributed by atoms with Crippen molar-refractivity contribution in [3.8, 4) is 5.75 Å². The number of H-pyrrole nitrogens is 2. The Bertz CT molecular complexity index is 1370. The van der Waals surface area contributed by atoms with E-state index in [2.05, 4.69) is 15.3 Å². The number of hydrogen-bond donors (Lipinski definition) is 3. The maximum atomic E-state index is 13.0. The largest absolute Gasteiger partial charge is 0.497 e. The van der Waals surface area contributed by atoms with Gasteiger partial charge >= 0.3 is 0 Å². The number of amides is 1. The summed E-state index contributed by atoms with van der Waals surface area (Å²) in [5.41, 5.74) is 2.38. The van der Waals surface area contributed by atoms with Crippen LogP contribution in [-0.2, 0) is 17.9 Å².